The van der Waals surface area contributed by atoms with E-state index < -0.39 is 12.1 Å². The zero-order valence-electron chi connectivity index (χ0n) is 12.3. The molecule has 0 aliphatic rings. The zero-order valence-corrected chi connectivity index (χ0v) is 12.3. The number of carbonyl (C=O) groups excluding carboxylic acids is 1. The molecule has 0 spiro atoms. The zero-order chi connectivity index (χ0) is 15.7. The molecule has 0 aliphatic heterocycles. The lowest BCUT2D eigenvalue weighted by Gasteiger charge is -2.24. The number of rotatable bonds is 9. The number of hydrogen-bond donors (Lipinski definition) is 1. The summed E-state index contributed by atoms with van der Waals surface area (Å²) in [6.45, 7) is 2.07. The summed E-state index contributed by atoms with van der Waals surface area (Å²) in [5.74, 6) is -1.42. The van der Waals surface area contributed by atoms with Crippen molar-refractivity contribution in [1.29, 1.82) is 0 Å². The Morgan fingerprint density at radius 3 is 2.52 bits per heavy atom. The van der Waals surface area contributed by atoms with Crippen molar-refractivity contribution >= 4 is 11.9 Å². The van der Waals surface area contributed by atoms with Gasteiger partial charge in [-0.15, -0.1) is 0 Å². The molecule has 0 saturated carbocycles. The molecule has 1 unspecified atom stereocenters. The highest BCUT2D eigenvalue weighted by atomic mass is 16.5. The van der Waals surface area contributed by atoms with Crippen LogP contribution in [0.25, 0.3) is 0 Å². The van der Waals surface area contributed by atoms with Crippen LogP contribution in [-0.4, -0.2) is 54.8 Å². The van der Waals surface area contributed by atoms with Crippen molar-refractivity contribution in [1.82, 2.24) is 4.90 Å². The number of amides is 1. The highest BCUT2D eigenvalue weighted by molar-refractivity contribution is 5.84. The van der Waals surface area contributed by atoms with Crippen LogP contribution in [0.15, 0.2) is 30.3 Å². The van der Waals surface area contributed by atoms with Gasteiger partial charge in [0.05, 0.1) is 13.2 Å². The van der Waals surface area contributed by atoms with E-state index in [-0.39, 0.29) is 25.6 Å². The molecule has 0 fully saturated rings. The van der Waals surface area contributed by atoms with Crippen LogP contribution in [0.2, 0.25) is 0 Å². The van der Waals surface area contributed by atoms with E-state index in [2.05, 4.69) is 0 Å². The van der Waals surface area contributed by atoms with Crippen LogP contribution in [0.5, 0.6) is 0 Å². The number of aliphatic carboxylic acids is 1. The van der Waals surface area contributed by atoms with Gasteiger partial charge in [0.25, 0.3) is 5.91 Å². The van der Waals surface area contributed by atoms with Crippen LogP contribution in [0, 0.1) is 0 Å². The highest BCUT2D eigenvalue weighted by Crippen LogP contribution is 2.06. The molecule has 1 N–H and O–H groups in total. The van der Waals surface area contributed by atoms with Crippen LogP contribution >= 0.6 is 0 Å². The second kappa shape index (κ2) is 9.10. The van der Waals surface area contributed by atoms with E-state index in [0.29, 0.717) is 6.61 Å². The average Bonchev–Trinajstić information content (AvgIpc) is 2.49. The van der Waals surface area contributed by atoms with Gasteiger partial charge in [0.15, 0.2) is 0 Å². The Morgan fingerprint density at radius 2 is 1.95 bits per heavy atom. The van der Waals surface area contributed by atoms with Gasteiger partial charge in [0.2, 0.25) is 0 Å². The highest BCUT2D eigenvalue weighted by Gasteiger charge is 2.22. The summed E-state index contributed by atoms with van der Waals surface area (Å²) in [4.78, 5) is 24.2. The predicted octanol–water partition coefficient (Wildman–Crippen LogP) is 1.15. The lowest BCUT2D eigenvalue weighted by atomic mass is 10.2. The third-order valence-corrected chi connectivity index (χ3v) is 2.89. The number of nitrogens with zero attached hydrogens (tertiary/aromatic N) is 1. The Balaban J connectivity index is 2.54. The summed E-state index contributed by atoms with van der Waals surface area (Å²) in [5, 5.41) is 8.85. The van der Waals surface area contributed by atoms with Crippen LogP contribution in [0.4, 0.5) is 0 Å². The molecule has 116 valence electrons. The molecule has 0 radical (unpaired) electrons. The minimum absolute atomic E-state index is 0.223. The fourth-order valence-electron chi connectivity index (χ4n) is 1.76. The molecule has 1 atom stereocenters. The molecule has 0 heterocycles. The van der Waals surface area contributed by atoms with Gasteiger partial charge in [0, 0.05) is 13.7 Å². The summed E-state index contributed by atoms with van der Waals surface area (Å²) in [6, 6.07) is 9.48. The van der Waals surface area contributed by atoms with Gasteiger partial charge < -0.3 is 19.5 Å². The average molecular weight is 295 g/mol. The molecule has 0 saturated heterocycles. The fraction of sp³-hybridized carbons (Fsp3) is 0.467. The maximum atomic E-state index is 12.2. The summed E-state index contributed by atoms with van der Waals surface area (Å²) >= 11 is 0. The van der Waals surface area contributed by atoms with E-state index in [1.54, 1.807) is 6.92 Å². The van der Waals surface area contributed by atoms with E-state index >= 15 is 0 Å². The molecular weight excluding hydrogens is 274 g/mol. The smallest absolute Gasteiger partial charge is 0.323 e. The number of methoxy groups -OCH3 is 1. The van der Waals surface area contributed by atoms with Crippen molar-refractivity contribution < 1.29 is 24.2 Å². The number of carboxylic acid groups (broad SMARTS) is 1. The monoisotopic (exact) mass is 295 g/mol. The predicted molar refractivity (Wildman–Crippen MR) is 76.8 cm³/mol. The van der Waals surface area contributed by atoms with Gasteiger partial charge >= 0.3 is 5.97 Å². The molecule has 6 nitrogen and oxygen atoms in total. The maximum absolute atomic E-state index is 12.2. The first kappa shape index (κ1) is 17.1. The van der Waals surface area contributed by atoms with Crippen LogP contribution in [0.1, 0.15) is 12.5 Å². The topological polar surface area (TPSA) is 76.1 Å². The maximum Gasteiger partial charge on any atom is 0.323 e. The molecule has 1 amide bonds. The van der Waals surface area contributed by atoms with Crippen molar-refractivity contribution in [3.63, 3.8) is 0 Å². The quantitative estimate of drug-likeness (QED) is 0.739. The fourth-order valence-corrected chi connectivity index (χ4v) is 1.76. The standard InChI is InChI=1S/C15H21NO5/c1-12(21-11-13-6-4-3-5-7-13)15(19)16(8-9-20-2)10-14(17)18/h3-7,12H,8-11H2,1-2H3,(H,17,18). The first-order valence-electron chi connectivity index (χ1n) is 6.69. The second-order valence-corrected chi connectivity index (χ2v) is 4.59. The normalized spacial score (nSPS) is 11.9. The Kier molecular flexibility index (Phi) is 7.42. The first-order chi connectivity index (χ1) is 10.0. The molecule has 1 aromatic carbocycles. The van der Waals surface area contributed by atoms with Crippen molar-refractivity contribution in [3.05, 3.63) is 35.9 Å². The van der Waals surface area contributed by atoms with Gasteiger partial charge in [-0.3, -0.25) is 9.59 Å². The van der Waals surface area contributed by atoms with Crippen LogP contribution in [-0.2, 0) is 25.7 Å². The van der Waals surface area contributed by atoms with Gasteiger partial charge in [-0.25, -0.2) is 0 Å². The Morgan fingerprint density at radius 1 is 1.29 bits per heavy atom. The Labute approximate surface area is 124 Å². The summed E-state index contributed by atoms with van der Waals surface area (Å²) in [5.41, 5.74) is 0.957. The van der Waals surface area contributed by atoms with E-state index in [1.165, 1.54) is 12.0 Å². The third kappa shape index (κ3) is 6.37. The lowest BCUT2D eigenvalue weighted by Crippen LogP contribution is -2.43. The van der Waals surface area contributed by atoms with Gasteiger partial charge in [-0.1, -0.05) is 30.3 Å². The third-order valence-electron chi connectivity index (χ3n) is 2.89. The number of ether oxygens (including phenoxy) is 2. The minimum atomic E-state index is -1.06. The van der Waals surface area contributed by atoms with Crippen molar-refractivity contribution in [2.24, 2.45) is 0 Å². The van der Waals surface area contributed by atoms with Crippen LogP contribution in [0.3, 0.4) is 0 Å². The van der Waals surface area contributed by atoms with Crippen molar-refractivity contribution in [3.8, 4) is 0 Å². The van der Waals surface area contributed by atoms with Gasteiger partial charge in [-0.05, 0) is 12.5 Å². The number of carboxylic acids is 1. The van der Waals surface area contributed by atoms with E-state index in [0.717, 1.165) is 5.56 Å². The second-order valence-electron chi connectivity index (χ2n) is 4.59. The molecule has 0 bridgehead atoms. The number of benzene rings is 1. The summed E-state index contributed by atoms with van der Waals surface area (Å²) < 4.78 is 10.4. The number of carbonyl (C=O) groups is 2. The summed E-state index contributed by atoms with van der Waals surface area (Å²) in [6.07, 6.45) is -0.707. The first-order valence-corrected chi connectivity index (χ1v) is 6.69. The lowest BCUT2D eigenvalue weighted by molar-refractivity contribution is -0.151. The largest absolute Gasteiger partial charge is 0.480 e. The van der Waals surface area contributed by atoms with Crippen molar-refractivity contribution in [2.75, 3.05) is 26.8 Å². The van der Waals surface area contributed by atoms with E-state index in [1.807, 2.05) is 30.3 Å². The van der Waals surface area contributed by atoms with E-state index in [4.69, 9.17) is 14.6 Å². The molecular formula is C15H21NO5. The molecule has 0 aromatic heterocycles. The molecule has 6 heteroatoms. The SMILES string of the molecule is COCCN(CC(=O)O)C(=O)C(C)OCc1ccccc1. The Hall–Kier alpha value is -1.92. The minimum Gasteiger partial charge on any atom is -0.480 e. The summed E-state index contributed by atoms with van der Waals surface area (Å²) in [7, 11) is 1.50. The van der Waals surface area contributed by atoms with Gasteiger partial charge in [-0.2, -0.15) is 0 Å². The molecule has 1 aromatic rings. The molecule has 1 rings (SSSR count). The molecule has 0 aliphatic carbocycles. The van der Waals surface area contributed by atoms with Crippen molar-refractivity contribution in [2.45, 2.75) is 19.6 Å². The Bertz CT molecular complexity index is 449. The molecule has 21 heavy (non-hydrogen) atoms. The van der Waals surface area contributed by atoms with Crippen LogP contribution < -0.4 is 0 Å². The van der Waals surface area contributed by atoms with E-state index in [9.17, 15) is 9.59 Å². The van der Waals surface area contributed by atoms with Gasteiger partial charge in [0.1, 0.15) is 12.6 Å². The number of hydrogen-bond acceptors (Lipinski definition) is 4.